The maximum atomic E-state index is 12.3. The first kappa shape index (κ1) is 15.1. The van der Waals surface area contributed by atoms with Gasteiger partial charge in [-0.05, 0) is 31.6 Å². The standard InChI is InChI=1S/C14H24N2O4/c1-2-10-3-6-16(12(9-10)13(17)18)14(19)15-11-4-7-20-8-5-11/h10-12H,2-9H2,1H3,(H,15,19)(H,17,18). The molecule has 0 aromatic rings. The highest BCUT2D eigenvalue weighted by molar-refractivity contribution is 5.83. The van der Waals surface area contributed by atoms with Gasteiger partial charge in [0.05, 0.1) is 0 Å². The summed E-state index contributed by atoms with van der Waals surface area (Å²) < 4.78 is 5.26. The fourth-order valence-corrected chi connectivity index (χ4v) is 2.99. The fourth-order valence-electron chi connectivity index (χ4n) is 2.99. The Balaban J connectivity index is 1.94. The number of ether oxygens (including phenoxy) is 1. The van der Waals surface area contributed by atoms with Gasteiger partial charge in [-0.15, -0.1) is 0 Å². The van der Waals surface area contributed by atoms with E-state index in [2.05, 4.69) is 12.2 Å². The smallest absolute Gasteiger partial charge is 0.326 e. The molecule has 0 aromatic carbocycles. The highest BCUT2D eigenvalue weighted by Gasteiger charge is 2.36. The zero-order chi connectivity index (χ0) is 14.5. The van der Waals surface area contributed by atoms with Crippen LogP contribution in [0.15, 0.2) is 0 Å². The molecule has 0 spiro atoms. The molecule has 2 heterocycles. The number of carboxylic acids is 1. The van der Waals surface area contributed by atoms with Gasteiger partial charge in [-0.25, -0.2) is 9.59 Å². The van der Waals surface area contributed by atoms with Gasteiger partial charge in [-0.1, -0.05) is 13.3 Å². The summed E-state index contributed by atoms with van der Waals surface area (Å²) in [6.07, 6.45) is 4.03. The molecule has 114 valence electrons. The first-order valence-electron chi connectivity index (χ1n) is 7.49. The van der Waals surface area contributed by atoms with Crippen molar-refractivity contribution in [3.05, 3.63) is 0 Å². The van der Waals surface area contributed by atoms with Crippen molar-refractivity contribution < 1.29 is 19.4 Å². The van der Waals surface area contributed by atoms with Crippen molar-refractivity contribution >= 4 is 12.0 Å². The lowest BCUT2D eigenvalue weighted by molar-refractivity contribution is -0.144. The molecule has 2 N–H and O–H groups in total. The van der Waals surface area contributed by atoms with Crippen molar-refractivity contribution in [2.45, 2.75) is 51.1 Å². The van der Waals surface area contributed by atoms with E-state index in [-0.39, 0.29) is 12.1 Å². The number of carboxylic acid groups (broad SMARTS) is 1. The van der Waals surface area contributed by atoms with Crippen molar-refractivity contribution in [3.8, 4) is 0 Å². The van der Waals surface area contributed by atoms with Crippen LogP contribution in [0.1, 0.15) is 39.0 Å². The fraction of sp³-hybridized carbons (Fsp3) is 0.857. The van der Waals surface area contributed by atoms with Gasteiger partial charge in [0, 0.05) is 25.8 Å². The van der Waals surface area contributed by atoms with Crippen LogP contribution in [0.4, 0.5) is 4.79 Å². The van der Waals surface area contributed by atoms with Crippen LogP contribution >= 0.6 is 0 Å². The maximum Gasteiger partial charge on any atom is 0.326 e. The Morgan fingerprint density at radius 2 is 2.00 bits per heavy atom. The number of carbonyl (C=O) groups excluding carboxylic acids is 1. The Kier molecular flexibility index (Phi) is 5.23. The van der Waals surface area contributed by atoms with E-state index >= 15 is 0 Å². The summed E-state index contributed by atoms with van der Waals surface area (Å²) in [6.45, 7) is 3.92. The monoisotopic (exact) mass is 284 g/mol. The average Bonchev–Trinajstić information content (AvgIpc) is 2.47. The minimum absolute atomic E-state index is 0.106. The molecule has 0 bridgehead atoms. The molecule has 6 nitrogen and oxygen atoms in total. The molecule has 2 saturated heterocycles. The molecule has 0 aliphatic carbocycles. The molecule has 0 aromatic heterocycles. The van der Waals surface area contributed by atoms with Gasteiger partial charge in [0.25, 0.3) is 0 Å². The van der Waals surface area contributed by atoms with Crippen LogP contribution in [-0.4, -0.2) is 53.8 Å². The van der Waals surface area contributed by atoms with E-state index in [1.165, 1.54) is 4.90 Å². The highest BCUT2D eigenvalue weighted by atomic mass is 16.5. The molecular formula is C14H24N2O4. The summed E-state index contributed by atoms with van der Waals surface area (Å²) in [4.78, 5) is 25.2. The van der Waals surface area contributed by atoms with Gasteiger partial charge < -0.3 is 20.1 Å². The summed E-state index contributed by atoms with van der Waals surface area (Å²) >= 11 is 0. The number of nitrogens with one attached hydrogen (secondary N) is 1. The number of piperidine rings is 1. The Morgan fingerprint density at radius 3 is 2.60 bits per heavy atom. The number of nitrogens with zero attached hydrogens (tertiary/aromatic N) is 1. The molecule has 2 amide bonds. The number of aliphatic carboxylic acids is 1. The van der Waals surface area contributed by atoms with E-state index < -0.39 is 12.0 Å². The van der Waals surface area contributed by atoms with Crippen LogP contribution in [0.5, 0.6) is 0 Å². The SMILES string of the molecule is CCC1CCN(C(=O)NC2CCOCC2)C(C(=O)O)C1. The number of rotatable bonds is 3. The van der Waals surface area contributed by atoms with E-state index in [4.69, 9.17) is 4.74 Å². The summed E-state index contributed by atoms with van der Waals surface area (Å²) in [6, 6.07) is -0.818. The zero-order valence-electron chi connectivity index (χ0n) is 12.0. The lowest BCUT2D eigenvalue weighted by Crippen LogP contribution is -2.55. The number of likely N-dealkylation sites (tertiary alicyclic amines) is 1. The summed E-state index contributed by atoms with van der Waals surface area (Å²) in [7, 11) is 0. The first-order chi connectivity index (χ1) is 9.61. The van der Waals surface area contributed by atoms with E-state index in [1.807, 2.05) is 0 Å². The topological polar surface area (TPSA) is 78.9 Å². The summed E-state index contributed by atoms with van der Waals surface area (Å²) in [5, 5.41) is 12.3. The number of urea groups is 1. The summed E-state index contributed by atoms with van der Waals surface area (Å²) in [5.74, 6) is -0.492. The molecule has 6 heteroatoms. The highest BCUT2D eigenvalue weighted by Crippen LogP contribution is 2.25. The Labute approximate surface area is 119 Å². The molecule has 2 fully saturated rings. The van der Waals surface area contributed by atoms with Crippen molar-refractivity contribution in [1.29, 1.82) is 0 Å². The first-order valence-corrected chi connectivity index (χ1v) is 7.49. The molecule has 0 saturated carbocycles. The van der Waals surface area contributed by atoms with Crippen LogP contribution < -0.4 is 5.32 Å². The molecule has 2 unspecified atom stereocenters. The Bertz CT molecular complexity index is 355. The molecular weight excluding hydrogens is 260 g/mol. The van der Waals surface area contributed by atoms with E-state index in [9.17, 15) is 14.7 Å². The number of hydrogen-bond acceptors (Lipinski definition) is 3. The van der Waals surface area contributed by atoms with Gasteiger partial charge >= 0.3 is 12.0 Å². The van der Waals surface area contributed by atoms with E-state index in [1.54, 1.807) is 0 Å². The van der Waals surface area contributed by atoms with Gasteiger partial charge in [-0.3, -0.25) is 0 Å². The van der Waals surface area contributed by atoms with Gasteiger partial charge in [0.1, 0.15) is 6.04 Å². The third-order valence-corrected chi connectivity index (χ3v) is 4.38. The van der Waals surface area contributed by atoms with Crippen LogP contribution in [0.2, 0.25) is 0 Å². The van der Waals surface area contributed by atoms with E-state index in [0.29, 0.717) is 32.1 Å². The Hall–Kier alpha value is -1.30. The largest absolute Gasteiger partial charge is 0.480 e. The van der Waals surface area contributed by atoms with Crippen molar-refractivity contribution in [2.75, 3.05) is 19.8 Å². The van der Waals surface area contributed by atoms with Crippen LogP contribution in [0.25, 0.3) is 0 Å². The minimum atomic E-state index is -0.898. The van der Waals surface area contributed by atoms with Crippen molar-refractivity contribution in [1.82, 2.24) is 10.2 Å². The minimum Gasteiger partial charge on any atom is -0.480 e. The van der Waals surface area contributed by atoms with Gasteiger partial charge in [0.2, 0.25) is 0 Å². The van der Waals surface area contributed by atoms with Crippen LogP contribution in [-0.2, 0) is 9.53 Å². The normalized spacial score (nSPS) is 28.1. The number of carbonyl (C=O) groups is 2. The van der Waals surface area contributed by atoms with Crippen molar-refractivity contribution in [3.63, 3.8) is 0 Å². The van der Waals surface area contributed by atoms with Gasteiger partial charge in [-0.2, -0.15) is 0 Å². The molecule has 2 aliphatic heterocycles. The molecule has 2 rings (SSSR count). The second-order valence-electron chi connectivity index (χ2n) is 5.68. The summed E-state index contributed by atoms with van der Waals surface area (Å²) in [5.41, 5.74) is 0. The second kappa shape index (κ2) is 6.92. The van der Waals surface area contributed by atoms with Crippen LogP contribution in [0, 0.1) is 5.92 Å². The molecule has 20 heavy (non-hydrogen) atoms. The van der Waals surface area contributed by atoms with E-state index in [0.717, 1.165) is 25.7 Å². The third kappa shape index (κ3) is 3.62. The molecule has 0 radical (unpaired) electrons. The molecule has 2 atom stereocenters. The lowest BCUT2D eigenvalue weighted by atomic mass is 9.89. The number of hydrogen-bond donors (Lipinski definition) is 2. The Morgan fingerprint density at radius 1 is 1.30 bits per heavy atom. The number of amides is 2. The predicted molar refractivity (Wildman–Crippen MR) is 73.5 cm³/mol. The lowest BCUT2D eigenvalue weighted by Gasteiger charge is -2.38. The zero-order valence-corrected chi connectivity index (χ0v) is 12.0. The quantitative estimate of drug-likeness (QED) is 0.822. The van der Waals surface area contributed by atoms with Gasteiger partial charge in [0.15, 0.2) is 0 Å². The maximum absolute atomic E-state index is 12.3. The predicted octanol–water partition coefficient (Wildman–Crippen LogP) is 1.45. The van der Waals surface area contributed by atoms with Crippen LogP contribution in [0.3, 0.4) is 0 Å². The molecule has 2 aliphatic rings. The third-order valence-electron chi connectivity index (χ3n) is 4.38. The second-order valence-corrected chi connectivity index (χ2v) is 5.68. The average molecular weight is 284 g/mol. The van der Waals surface area contributed by atoms with Crippen molar-refractivity contribution in [2.24, 2.45) is 5.92 Å².